The van der Waals surface area contributed by atoms with Gasteiger partial charge in [0, 0.05) is 6.07 Å². The maximum atomic E-state index is 11.3. The number of carbonyl (C=O) groups excluding carboxylic acids is 1. The largest absolute Gasteiger partial charge is 0.480 e. The maximum absolute atomic E-state index is 11.3. The molecule has 0 unspecified atom stereocenters. The zero-order valence-electron chi connectivity index (χ0n) is 9.69. The molecule has 0 bridgehead atoms. The highest BCUT2D eigenvalue weighted by molar-refractivity contribution is 5.91. The zero-order valence-corrected chi connectivity index (χ0v) is 9.69. The van der Waals surface area contributed by atoms with E-state index in [-0.39, 0.29) is 30.8 Å². The molecule has 1 amide bonds. The van der Waals surface area contributed by atoms with Gasteiger partial charge in [-0.3, -0.25) is 20.2 Å². The minimum atomic E-state index is -1.01. The van der Waals surface area contributed by atoms with Crippen LogP contribution in [0.1, 0.15) is 25.5 Å². The normalized spacial score (nSPS) is 10.5. The van der Waals surface area contributed by atoms with Crippen molar-refractivity contribution in [3.05, 3.63) is 11.8 Å². The number of aliphatic carboxylic acids is 1. The fourth-order valence-corrected chi connectivity index (χ4v) is 1.08. The molecule has 0 spiro atoms. The van der Waals surface area contributed by atoms with E-state index >= 15 is 0 Å². The number of amides is 1. The molecule has 0 atom stereocenters. The quantitative estimate of drug-likeness (QED) is 0.666. The number of carboxylic acids is 1. The lowest BCUT2D eigenvalue weighted by atomic mass is 10.1. The van der Waals surface area contributed by atoms with Gasteiger partial charge in [0.2, 0.25) is 11.8 Å². The van der Waals surface area contributed by atoms with E-state index in [4.69, 9.17) is 9.63 Å². The van der Waals surface area contributed by atoms with E-state index in [2.05, 4.69) is 15.8 Å². The smallest absolute Gasteiger partial charge is 0.317 e. The molecule has 94 valence electrons. The maximum Gasteiger partial charge on any atom is 0.317 e. The Labute approximate surface area is 98.2 Å². The first-order valence-corrected chi connectivity index (χ1v) is 5.18. The summed E-state index contributed by atoms with van der Waals surface area (Å²) in [5.74, 6) is -0.914. The molecule has 0 aliphatic carbocycles. The number of carboxylic acid groups (broad SMARTS) is 1. The Hall–Kier alpha value is -1.89. The summed E-state index contributed by atoms with van der Waals surface area (Å²) in [6.07, 6.45) is 0. The molecular formula is C10H15N3O4. The lowest BCUT2D eigenvalue weighted by Gasteiger charge is -2.01. The topological polar surface area (TPSA) is 104 Å². The van der Waals surface area contributed by atoms with Gasteiger partial charge in [-0.25, -0.2) is 0 Å². The first-order valence-electron chi connectivity index (χ1n) is 5.18. The molecule has 1 aromatic heterocycles. The summed E-state index contributed by atoms with van der Waals surface area (Å²) < 4.78 is 4.90. The van der Waals surface area contributed by atoms with E-state index < -0.39 is 5.97 Å². The Morgan fingerprint density at radius 2 is 2.18 bits per heavy atom. The van der Waals surface area contributed by atoms with Crippen LogP contribution in [0.25, 0.3) is 0 Å². The standard InChI is InChI=1S/C10H15N3O4/c1-6(2)7-3-9(17-13-7)12-8(14)4-11-5-10(15)16/h3,6,11H,4-5H2,1-2H3,(H,12,14)(H,15,16). The fourth-order valence-electron chi connectivity index (χ4n) is 1.08. The highest BCUT2D eigenvalue weighted by Gasteiger charge is 2.10. The molecule has 3 N–H and O–H groups in total. The monoisotopic (exact) mass is 241 g/mol. The van der Waals surface area contributed by atoms with Crippen LogP contribution in [0.5, 0.6) is 0 Å². The van der Waals surface area contributed by atoms with Crippen molar-refractivity contribution in [2.24, 2.45) is 0 Å². The second kappa shape index (κ2) is 6.00. The fraction of sp³-hybridized carbons (Fsp3) is 0.500. The third-order valence-electron chi connectivity index (χ3n) is 1.94. The molecule has 0 aromatic carbocycles. The highest BCUT2D eigenvalue weighted by Crippen LogP contribution is 2.16. The van der Waals surface area contributed by atoms with Crippen LogP contribution in [0.2, 0.25) is 0 Å². The second-order valence-electron chi connectivity index (χ2n) is 3.82. The van der Waals surface area contributed by atoms with Crippen LogP contribution >= 0.6 is 0 Å². The molecule has 1 heterocycles. The minimum absolute atomic E-state index is 0.0932. The second-order valence-corrected chi connectivity index (χ2v) is 3.82. The molecule has 1 aromatic rings. The zero-order chi connectivity index (χ0) is 12.8. The number of carbonyl (C=O) groups is 2. The lowest BCUT2D eigenvalue weighted by molar-refractivity contribution is -0.135. The van der Waals surface area contributed by atoms with Crippen molar-refractivity contribution in [3.63, 3.8) is 0 Å². The van der Waals surface area contributed by atoms with Crippen LogP contribution < -0.4 is 10.6 Å². The summed E-state index contributed by atoms with van der Waals surface area (Å²) in [5, 5.41) is 17.1. The summed E-state index contributed by atoms with van der Waals surface area (Å²) in [7, 11) is 0. The Morgan fingerprint density at radius 1 is 1.47 bits per heavy atom. The van der Waals surface area contributed by atoms with E-state index in [1.54, 1.807) is 6.07 Å². The molecule has 7 heteroatoms. The summed E-state index contributed by atoms with van der Waals surface area (Å²) in [5.41, 5.74) is 0.749. The number of anilines is 1. The van der Waals surface area contributed by atoms with Gasteiger partial charge in [0.05, 0.1) is 18.8 Å². The Kier molecular flexibility index (Phi) is 4.65. The SMILES string of the molecule is CC(C)c1cc(NC(=O)CNCC(=O)O)on1. The van der Waals surface area contributed by atoms with E-state index in [0.717, 1.165) is 5.69 Å². The van der Waals surface area contributed by atoms with E-state index in [1.165, 1.54) is 0 Å². The van der Waals surface area contributed by atoms with Crippen molar-refractivity contribution in [2.45, 2.75) is 19.8 Å². The van der Waals surface area contributed by atoms with Crippen molar-refractivity contribution in [1.82, 2.24) is 10.5 Å². The van der Waals surface area contributed by atoms with Crippen molar-refractivity contribution >= 4 is 17.8 Å². The van der Waals surface area contributed by atoms with Crippen molar-refractivity contribution in [2.75, 3.05) is 18.4 Å². The van der Waals surface area contributed by atoms with Gasteiger partial charge < -0.3 is 9.63 Å². The van der Waals surface area contributed by atoms with Crippen LogP contribution in [0, 0.1) is 0 Å². The van der Waals surface area contributed by atoms with Crippen LogP contribution in [0.3, 0.4) is 0 Å². The Balaban J connectivity index is 2.37. The summed E-state index contributed by atoms with van der Waals surface area (Å²) in [6.45, 7) is 3.56. The number of aromatic nitrogens is 1. The molecule has 0 saturated carbocycles. The van der Waals surface area contributed by atoms with Crippen molar-refractivity contribution < 1.29 is 19.2 Å². The Morgan fingerprint density at radius 3 is 2.71 bits per heavy atom. The van der Waals surface area contributed by atoms with Crippen molar-refractivity contribution in [1.29, 1.82) is 0 Å². The van der Waals surface area contributed by atoms with Gasteiger partial charge in [0.1, 0.15) is 0 Å². The lowest BCUT2D eigenvalue weighted by Crippen LogP contribution is -2.31. The van der Waals surface area contributed by atoms with E-state index in [0.29, 0.717) is 0 Å². The first-order chi connectivity index (χ1) is 7.99. The van der Waals surface area contributed by atoms with Crippen LogP contribution in [0.4, 0.5) is 5.88 Å². The molecular weight excluding hydrogens is 226 g/mol. The molecule has 0 saturated heterocycles. The van der Waals surface area contributed by atoms with Gasteiger partial charge in [-0.05, 0) is 5.92 Å². The predicted molar refractivity (Wildman–Crippen MR) is 59.7 cm³/mol. The molecule has 1 rings (SSSR count). The third-order valence-corrected chi connectivity index (χ3v) is 1.94. The Bertz CT molecular complexity index is 400. The number of hydrogen-bond acceptors (Lipinski definition) is 5. The van der Waals surface area contributed by atoms with Gasteiger partial charge in [0.15, 0.2) is 0 Å². The molecule has 0 fully saturated rings. The number of rotatable bonds is 6. The molecule has 17 heavy (non-hydrogen) atoms. The van der Waals surface area contributed by atoms with Gasteiger partial charge in [0.25, 0.3) is 0 Å². The summed E-state index contributed by atoms with van der Waals surface area (Å²) >= 11 is 0. The van der Waals surface area contributed by atoms with Crippen LogP contribution in [-0.2, 0) is 9.59 Å². The molecule has 7 nitrogen and oxygen atoms in total. The van der Waals surface area contributed by atoms with Gasteiger partial charge in [-0.1, -0.05) is 19.0 Å². The number of nitrogens with one attached hydrogen (secondary N) is 2. The summed E-state index contributed by atoms with van der Waals surface area (Å²) in [4.78, 5) is 21.5. The van der Waals surface area contributed by atoms with Crippen molar-refractivity contribution in [3.8, 4) is 0 Å². The molecule has 0 radical (unpaired) electrons. The van der Waals surface area contributed by atoms with E-state index in [9.17, 15) is 9.59 Å². The average Bonchev–Trinajstić information content (AvgIpc) is 2.65. The predicted octanol–water partition coefficient (Wildman–Crippen LogP) is 0.411. The van der Waals surface area contributed by atoms with Crippen LogP contribution in [-0.4, -0.2) is 35.2 Å². The number of nitrogens with zero attached hydrogens (tertiary/aromatic N) is 1. The first kappa shape index (κ1) is 13.2. The summed E-state index contributed by atoms with van der Waals surface area (Å²) in [6, 6.07) is 1.64. The minimum Gasteiger partial charge on any atom is -0.480 e. The van der Waals surface area contributed by atoms with Crippen LogP contribution in [0.15, 0.2) is 10.6 Å². The van der Waals surface area contributed by atoms with Gasteiger partial charge in [-0.2, -0.15) is 0 Å². The molecule has 0 aliphatic heterocycles. The molecule has 0 aliphatic rings. The average molecular weight is 241 g/mol. The van der Waals surface area contributed by atoms with E-state index in [1.807, 2.05) is 13.8 Å². The third kappa shape index (κ3) is 4.64. The van der Waals surface area contributed by atoms with Gasteiger partial charge >= 0.3 is 5.97 Å². The number of hydrogen-bond donors (Lipinski definition) is 3. The highest BCUT2D eigenvalue weighted by atomic mass is 16.5. The van der Waals surface area contributed by atoms with Gasteiger partial charge in [-0.15, -0.1) is 0 Å².